The molecule has 0 unspecified atom stereocenters. The third-order valence-electron chi connectivity index (χ3n) is 1.00. The molecule has 0 aliphatic heterocycles. The summed E-state index contributed by atoms with van der Waals surface area (Å²) in [6.07, 6.45) is 1.61. The van der Waals surface area contributed by atoms with E-state index in [2.05, 4.69) is 16.1 Å². The Morgan fingerprint density at radius 2 is 2.15 bits per heavy atom. The van der Waals surface area contributed by atoms with Crippen molar-refractivity contribution in [3.05, 3.63) is 12.7 Å². The van der Waals surface area contributed by atoms with Gasteiger partial charge >= 0.3 is 29.6 Å². The van der Waals surface area contributed by atoms with Gasteiger partial charge in [0.05, 0.1) is 6.61 Å². The van der Waals surface area contributed by atoms with Crippen molar-refractivity contribution in [2.24, 2.45) is 0 Å². The van der Waals surface area contributed by atoms with E-state index in [0.29, 0.717) is 13.0 Å². The molecule has 0 atom stereocenters. The molecule has 1 N–H and O–H groups in total. The standard InChI is InChI=1S/C6H11NO4S.Na.H/c1-2-6(8)7-4-3-5-11-12(9)10;;/h2,12H,1,3-5H2,(H,7,8);;. The molecule has 0 aromatic heterocycles. The molecular formula is C6H12NNaO4S. The van der Waals surface area contributed by atoms with E-state index in [1.54, 1.807) is 0 Å². The minimum atomic E-state index is -2.77. The Morgan fingerprint density at radius 3 is 2.62 bits per heavy atom. The first-order chi connectivity index (χ1) is 5.66. The predicted molar refractivity (Wildman–Crippen MR) is 51.2 cm³/mol. The van der Waals surface area contributed by atoms with Gasteiger partial charge in [0, 0.05) is 6.54 Å². The maximum absolute atomic E-state index is 10.5. The Kier molecular flexibility index (Phi) is 12.2. The third kappa shape index (κ3) is 12.1. The number of nitrogens with one attached hydrogen (secondary N) is 1. The average molecular weight is 217 g/mol. The summed E-state index contributed by atoms with van der Waals surface area (Å²) in [5.74, 6) is -0.276. The molecule has 72 valence electrons. The summed E-state index contributed by atoms with van der Waals surface area (Å²) in [4.78, 5) is 10.5. The summed E-state index contributed by atoms with van der Waals surface area (Å²) in [6, 6.07) is 0. The summed E-state index contributed by atoms with van der Waals surface area (Å²) >= 11 is 0. The summed E-state index contributed by atoms with van der Waals surface area (Å²) in [7, 11) is -2.77. The third-order valence-corrected chi connectivity index (χ3v) is 1.40. The molecule has 5 nitrogen and oxygen atoms in total. The van der Waals surface area contributed by atoms with Crippen LogP contribution in [-0.4, -0.2) is 57.0 Å². The zero-order valence-corrected chi connectivity index (χ0v) is 7.38. The molecule has 0 saturated heterocycles. The molecule has 0 rings (SSSR count). The second-order valence-corrected chi connectivity index (χ2v) is 2.61. The van der Waals surface area contributed by atoms with Gasteiger partial charge < -0.3 is 5.32 Å². The van der Waals surface area contributed by atoms with Crippen LogP contribution in [0.25, 0.3) is 0 Å². The summed E-state index contributed by atoms with van der Waals surface area (Å²) < 4.78 is 24.0. The van der Waals surface area contributed by atoms with Gasteiger partial charge in [-0.1, -0.05) is 6.58 Å². The zero-order valence-electron chi connectivity index (χ0n) is 6.49. The quantitative estimate of drug-likeness (QED) is 0.248. The average Bonchev–Trinajstić information content (AvgIpc) is 2.03. The van der Waals surface area contributed by atoms with Crippen molar-refractivity contribution in [3.63, 3.8) is 0 Å². The van der Waals surface area contributed by atoms with E-state index >= 15 is 0 Å². The molecule has 0 aliphatic carbocycles. The zero-order chi connectivity index (χ0) is 9.40. The van der Waals surface area contributed by atoms with Gasteiger partial charge in [0.15, 0.2) is 0 Å². The van der Waals surface area contributed by atoms with E-state index in [4.69, 9.17) is 0 Å². The van der Waals surface area contributed by atoms with Crippen LogP contribution in [0.4, 0.5) is 0 Å². The van der Waals surface area contributed by atoms with Gasteiger partial charge in [0.1, 0.15) is 0 Å². The van der Waals surface area contributed by atoms with Crippen LogP contribution in [0.3, 0.4) is 0 Å². The first-order valence-corrected chi connectivity index (χ1v) is 4.44. The number of hydrogen-bond acceptors (Lipinski definition) is 4. The Balaban J connectivity index is 0. The number of thiol groups is 1. The van der Waals surface area contributed by atoms with Crippen LogP contribution in [0, 0.1) is 0 Å². The number of carbonyl (C=O) groups excluding carboxylic acids is 1. The number of carbonyl (C=O) groups is 1. The summed E-state index contributed by atoms with van der Waals surface area (Å²) in [5, 5.41) is 2.47. The summed E-state index contributed by atoms with van der Waals surface area (Å²) in [6.45, 7) is 3.72. The van der Waals surface area contributed by atoms with E-state index in [9.17, 15) is 13.2 Å². The molecule has 0 fully saturated rings. The molecule has 0 aliphatic rings. The van der Waals surface area contributed by atoms with Gasteiger partial charge in [-0.05, 0) is 12.5 Å². The van der Waals surface area contributed by atoms with Crippen LogP contribution in [0.15, 0.2) is 12.7 Å². The van der Waals surface area contributed by atoms with Crippen molar-refractivity contribution < 1.29 is 17.4 Å². The predicted octanol–water partition coefficient (Wildman–Crippen LogP) is -1.43. The van der Waals surface area contributed by atoms with Gasteiger partial charge in [-0.15, -0.1) is 0 Å². The van der Waals surface area contributed by atoms with Gasteiger partial charge in [-0.2, -0.15) is 0 Å². The fourth-order valence-corrected chi connectivity index (χ4v) is 0.773. The van der Waals surface area contributed by atoms with E-state index in [-0.39, 0.29) is 42.1 Å². The number of hydrogen-bond donors (Lipinski definition) is 2. The second kappa shape index (κ2) is 10.2. The number of amides is 1. The van der Waals surface area contributed by atoms with Crippen LogP contribution in [0.1, 0.15) is 6.42 Å². The molecule has 0 spiro atoms. The van der Waals surface area contributed by atoms with Crippen LogP contribution < -0.4 is 5.32 Å². The van der Waals surface area contributed by atoms with E-state index in [1.165, 1.54) is 0 Å². The van der Waals surface area contributed by atoms with E-state index < -0.39 is 11.0 Å². The molecule has 0 saturated carbocycles. The molecule has 7 heteroatoms. The van der Waals surface area contributed by atoms with Crippen molar-refractivity contribution >= 4 is 46.4 Å². The van der Waals surface area contributed by atoms with Gasteiger partial charge in [0.2, 0.25) is 5.91 Å². The monoisotopic (exact) mass is 217 g/mol. The van der Waals surface area contributed by atoms with Crippen LogP contribution in [0.2, 0.25) is 0 Å². The molecule has 13 heavy (non-hydrogen) atoms. The topological polar surface area (TPSA) is 72.5 Å². The molecule has 0 bridgehead atoms. The van der Waals surface area contributed by atoms with Gasteiger partial charge in [-0.25, -0.2) is 8.42 Å². The molecule has 0 heterocycles. The molecular weight excluding hydrogens is 205 g/mol. The first kappa shape index (κ1) is 15.6. The van der Waals surface area contributed by atoms with Crippen molar-refractivity contribution in [1.82, 2.24) is 5.32 Å². The maximum atomic E-state index is 10.5. The van der Waals surface area contributed by atoms with Crippen molar-refractivity contribution in [3.8, 4) is 0 Å². The summed E-state index contributed by atoms with van der Waals surface area (Å²) in [5.41, 5.74) is 0. The van der Waals surface area contributed by atoms with Crippen molar-refractivity contribution in [2.45, 2.75) is 6.42 Å². The number of rotatable bonds is 6. The fraction of sp³-hybridized carbons (Fsp3) is 0.500. The van der Waals surface area contributed by atoms with Crippen LogP contribution in [-0.2, 0) is 20.0 Å². The van der Waals surface area contributed by atoms with Crippen molar-refractivity contribution in [2.75, 3.05) is 13.2 Å². The fourth-order valence-electron chi connectivity index (χ4n) is 0.495. The Hall–Kier alpha value is 0.120. The SMILES string of the molecule is C=CC(=O)NCCCO[SH](=O)=O.[NaH]. The van der Waals surface area contributed by atoms with Gasteiger partial charge in [0.25, 0.3) is 11.0 Å². The molecule has 0 aromatic carbocycles. The Bertz CT molecular complexity index is 221. The normalized spacial score (nSPS) is 9.00. The molecule has 0 aromatic rings. The van der Waals surface area contributed by atoms with Gasteiger partial charge in [-0.3, -0.25) is 8.98 Å². The second-order valence-electron chi connectivity index (χ2n) is 1.91. The molecule has 1 amide bonds. The van der Waals surface area contributed by atoms with Crippen molar-refractivity contribution in [1.29, 1.82) is 0 Å². The van der Waals surface area contributed by atoms with E-state index in [0.717, 1.165) is 6.08 Å². The van der Waals surface area contributed by atoms with E-state index in [1.807, 2.05) is 0 Å². The van der Waals surface area contributed by atoms with Crippen LogP contribution >= 0.6 is 0 Å². The minimum absolute atomic E-state index is 0. The Labute approximate surface area is 101 Å². The molecule has 0 radical (unpaired) electrons. The van der Waals surface area contributed by atoms with Crippen LogP contribution in [0.5, 0.6) is 0 Å². The first-order valence-electron chi connectivity index (χ1n) is 3.34. The Morgan fingerprint density at radius 1 is 1.54 bits per heavy atom.